The molecular formula is C32H49N9O4. The highest BCUT2D eigenvalue weighted by atomic mass is 16.5. The lowest BCUT2D eigenvalue weighted by molar-refractivity contribution is -0.130. The summed E-state index contributed by atoms with van der Waals surface area (Å²) in [4.78, 5) is 31.3. The van der Waals surface area contributed by atoms with E-state index < -0.39 is 29.9 Å². The number of nitrogens with zero attached hydrogens (tertiary/aromatic N) is 2. The molecule has 0 fully saturated rings. The number of guanidine groups is 1. The minimum atomic E-state index is -0.975. The van der Waals surface area contributed by atoms with Crippen molar-refractivity contribution in [3.8, 4) is 0 Å². The zero-order valence-electron chi connectivity index (χ0n) is 26.5. The fraction of sp³-hybridized carbons (Fsp3) is 0.469. The molecule has 2 rings (SSSR count). The number of hydrogen-bond acceptors (Lipinski definition) is 9. The van der Waals surface area contributed by atoms with Crippen LogP contribution in [-0.2, 0) is 16.0 Å². The first-order valence-corrected chi connectivity index (χ1v) is 15.2. The summed E-state index contributed by atoms with van der Waals surface area (Å²) in [5.41, 5.74) is 19.8. The molecule has 0 aliphatic rings. The van der Waals surface area contributed by atoms with Gasteiger partial charge in [-0.3, -0.25) is 15.0 Å². The fourth-order valence-electron chi connectivity index (χ4n) is 4.40. The molecular weight excluding hydrogens is 574 g/mol. The van der Waals surface area contributed by atoms with Gasteiger partial charge >= 0.3 is 0 Å². The van der Waals surface area contributed by atoms with E-state index in [0.29, 0.717) is 56.6 Å². The van der Waals surface area contributed by atoms with E-state index in [1.54, 1.807) is 25.2 Å². The zero-order valence-corrected chi connectivity index (χ0v) is 26.5. The third-order valence-electron chi connectivity index (χ3n) is 6.72. The Bertz CT molecular complexity index is 1320. The number of allylic oxidation sites excluding steroid dienone is 4. The molecule has 1 aromatic heterocycles. The second kappa shape index (κ2) is 19.7. The smallest absolute Gasteiger partial charge is 0.249 e. The maximum Gasteiger partial charge on any atom is 0.249 e. The van der Waals surface area contributed by atoms with Gasteiger partial charge in [0.25, 0.3) is 0 Å². The average Bonchev–Trinajstić information content (AvgIpc) is 3.44. The van der Waals surface area contributed by atoms with Crippen LogP contribution in [0, 0.1) is 5.41 Å². The van der Waals surface area contributed by atoms with Crippen LogP contribution in [0.5, 0.6) is 0 Å². The minimum absolute atomic E-state index is 0.0812. The van der Waals surface area contributed by atoms with E-state index >= 15 is 0 Å². The predicted molar refractivity (Wildman–Crippen MR) is 175 cm³/mol. The first-order valence-electron chi connectivity index (χ1n) is 15.2. The largest absolute Gasteiger partial charge is 0.508 e. The fourth-order valence-corrected chi connectivity index (χ4v) is 4.40. The second-order valence-corrected chi connectivity index (χ2v) is 11.2. The number of carbonyl (C=O) groups is 2. The Hall–Kier alpha value is -4.49. The molecule has 1 aromatic carbocycles. The quantitative estimate of drug-likeness (QED) is 0.0375. The van der Waals surface area contributed by atoms with E-state index in [0.717, 1.165) is 17.6 Å². The number of unbranched alkanes of at least 4 members (excludes halogenated alkanes) is 1. The molecule has 2 amide bonds. The van der Waals surface area contributed by atoms with Crippen LogP contribution in [0.3, 0.4) is 0 Å². The van der Waals surface area contributed by atoms with Crippen molar-refractivity contribution in [3.05, 3.63) is 82.7 Å². The van der Waals surface area contributed by atoms with Crippen LogP contribution >= 0.6 is 0 Å². The van der Waals surface area contributed by atoms with Gasteiger partial charge in [0.15, 0.2) is 11.8 Å². The van der Waals surface area contributed by atoms with Gasteiger partial charge in [-0.2, -0.15) is 4.98 Å². The lowest BCUT2D eigenvalue weighted by Crippen LogP contribution is -2.52. The summed E-state index contributed by atoms with van der Waals surface area (Å²) < 4.78 is 5.58. The molecule has 1 heterocycles. The van der Waals surface area contributed by atoms with Crippen molar-refractivity contribution in [2.45, 2.75) is 83.8 Å². The lowest BCUT2D eigenvalue weighted by Gasteiger charge is -2.22. The normalized spacial score (nSPS) is 13.8. The number of nitrogens with one attached hydrogen (secondary N) is 4. The maximum atomic E-state index is 13.7. The van der Waals surface area contributed by atoms with Crippen LogP contribution in [0.4, 0.5) is 0 Å². The molecule has 11 N–H and O–H groups in total. The molecule has 13 heteroatoms. The number of aliphatic hydroxyl groups is 1. The number of hydrogen-bond donors (Lipinski definition) is 8. The van der Waals surface area contributed by atoms with Crippen molar-refractivity contribution in [3.63, 3.8) is 0 Å². The van der Waals surface area contributed by atoms with Crippen molar-refractivity contribution in [2.24, 2.45) is 17.2 Å². The minimum Gasteiger partial charge on any atom is -0.508 e. The van der Waals surface area contributed by atoms with E-state index in [4.69, 9.17) is 27.1 Å². The van der Waals surface area contributed by atoms with Crippen molar-refractivity contribution >= 4 is 17.8 Å². The average molecular weight is 624 g/mol. The Kier molecular flexibility index (Phi) is 16.1. The molecule has 0 bridgehead atoms. The van der Waals surface area contributed by atoms with Crippen LogP contribution in [-0.4, -0.2) is 58.2 Å². The van der Waals surface area contributed by atoms with E-state index in [9.17, 15) is 14.7 Å². The molecule has 0 aliphatic heterocycles. The molecule has 0 radical (unpaired) electrons. The number of aliphatic hydroxyl groups excluding tert-OH is 1. The summed E-state index contributed by atoms with van der Waals surface area (Å²) in [6, 6.07) is 7.29. The number of nitrogens with two attached hydrogens (primary N) is 3. The molecule has 13 nitrogen and oxygen atoms in total. The number of amides is 2. The summed E-state index contributed by atoms with van der Waals surface area (Å²) >= 11 is 0. The molecule has 2 aromatic rings. The van der Waals surface area contributed by atoms with Crippen molar-refractivity contribution < 1.29 is 19.2 Å². The Balaban J connectivity index is 2.24. The summed E-state index contributed by atoms with van der Waals surface area (Å²) in [6.07, 6.45) is 8.38. The van der Waals surface area contributed by atoms with Gasteiger partial charge in [-0.15, -0.1) is 0 Å². The molecule has 0 saturated heterocycles. The van der Waals surface area contributed by atoms with E-state index in [1.807, 2.05) is 44.2 Å². The summed E-state index contributed by atoms with van der Waals surface area (Å²) in [6.45, 7) is 6.43. The SMILES string of the molecule is CC(C)=C/C(O)=C\C(C)=C\C[C@@H](NC(=O)[C@H](N)CCCNC(=N)N)C(=O)N[C@H](CCCCN)c1nc(Cc2ccccc2)no1. The zero-order chi connectivity index (χ0) is 33.2. The topological polar surface area (TPSA) is 231 Å². The van der Waals surface area contributed by atoms with Gasteiger partial charge in [-0.05, 0) is 83.6 Å². The number of benzene rings is 1. The molecule has 0 saturated carbocycles. The first kappa shape index (κ1) is 36.7. The van der Waals surface area contributed by atoms with Gasteiger partial charge in [0.1, 0.15) is 17.8 Å². The Morgan fingerprint density at radius 3 is 2.44 bits per heavy atom. The highest BCUT2D eigenvalue weighted by Gasteiger charge is 2.28. The third-order valence-corrected chi connectivity index (χ3v) is 6.72. The molecule has 246 valence electrons. The van der Waals surface area contributed by atoms with Crippen LogP contribution in [0.1, 0.15) is 82.6 Å². The van der Waals surface area contributed by atoms with Gasteiger partial charge in [0.05, 0.1) is 6.04 Å². The van der Waals surface area contributed by atoms with Crippen molar-refractivity contribution in [1.29, 1.82) is 5.41 Å². The number of carbonyl (C=O) groups excluding carboxylic acids is 2. The summed E-state index contributed by atoms with van der Waals surface area (Å²) in [5.74, 6) is -0.257. The van der Waals surface area contributed by atoms with E-state index in [2.05, 4.69) is 26.1 Å². The highest BCUT2D eigenvalue weighted by Crippen LogP contribution is 2.20. The highest BCUT2D eigenvalue weighted by molar-refractivity contribution is 5.90. The molecule has 3 atom stereocenters. The first-order chi connectivity index (χ1) is 21.5. The van der Waals surface area contributed by atoms with E-state index in [1.165, 1.54) is 0 Å². The van der Waals surface area contributed by atoms with Gasteiger partial charge in [-0.1, -0.05) is 52.7 Å². The van der Waals surface area contributed by atoms with Gasteiger partial charge in [-0.25, -0.2) is 0 Å². The van der Waals surface area contributed by atoms with Crippen LogP contribution in [0.25, 0.3) is 0 Å². The molecule has 45 heavy (non-hydrogen) atoms. The van der Waals surface area contributed by atoms with Gasteiger partial charge < -0.3 is 42.8 Å². The van der Waals surface area contributed by atoms with Crippen LogP contribution in [0.15, 0.2) is 70.0 Å². The van der Waals surface area contributed by atoms with Crippen molar-refractivity contribution in [2.75, 3.05) is 13.1 Å². The molecule has 0 aliphatic carbocycles. The predicted octanol–water partition coefficient (Wildman–Crippen LogP) is 2.77. The molecule has 0 unspecified atom stereocenters. The monoisotopic (exact) mass is 623 g/mol. The maximum absolute atomic E-state index is 13.7. The lowest BCUT2D eigenvalue weighted by atomic mass is 10.1. The van der Waals surface area contributed by atoms with Crippen molar-refractivity contribution in [1.82, 2.24) is 26.1 Å². The second-order valence-electron chi connectivity index (χ2n) is 11.2. The summed E-state index contributed by atoms with van der Waals surface area (Å²) in [7, 11) is 0. The standard InChI is InChI=1S/C32H49N9O4/c1-21(2)18-24(42)19-22(3)14-15-26(38-29(43)25(34)12-9-17-37-32(35)36)30(44)39-27(13-7-8-16-33)31-40-28(41-45-31)20-23-10-5-4-6-11-23/h4-6,10-11,14,18-19,25-27,42H,7-9,12-13,15-17,20,33-34H2,1-3H3,(H,38,43)(H,39,44)(H4,35,36,37)/b22-14+,24-19+/t25-,26-,27-/m1/s1. The Morgan fingerprint density at radius 2 is 1.78 bits per heavy atom. The molecule has 0 spiro atoms. The number of rotatable bonds is 19. The van der Waals surface area contributed by atoms with Crippen LogP contribution in [0.2, 0.25) is 0 Å². The Labute approximate surface area is 265 Å². The summed E-state index contributed by atoms with van der Waals surface area (Å²) in [5, 5.41) is 30.0. The van der Waals surface area contributed by atoms with E-state index in [-0.39, 0.29) is 24.0 Å². The van der Waals surface area contributed by atoms with Gasteiger partial charge in [0, 0.05) is 13.0 Å². The number of aromatic nitrogens is 2. The third kappa shape index (κ3) is 14.7. The van der Waals surface area contributed by atoms with Crippen LogP contribution < -0.4 is 33.2 Å². The Morgan fingerprint density at radius 1 is 1.04 bits per heavy atom. The van der Waals surface area contributed by atoms with Gasteiger partial charge in [0.2, 0.25) is 17.7 Å².